The van der Waals surface area contributed by atoms with Gasteiger partial charge in [0, 0.05) is 12.6 Å². The van der Waals surface area contributed by atoms with Crippen molar-refractivity contribution in [2.24, 2.45) is 0 Å². The average molecular weight is 242 g/mol. The van der Waals surface area contributed by atoms with Crippen LogP contribution in [0.5, 0.6) is 5.75 Å². The largest absolute Gasteiger partial charge is 0.497 e. The highest BCUT2D eigenvalue weighted by Gasteiger charge is 2.01. The van der Waals surface area contributed by atoms with Gasteiger partial charge in [-0.25, -0.2) is 0 Å². The quantitative estimate of drug-likeness (QED) is 0.809. The molecule has 0 aliphatic heterocycles. The number of aryl methyl sites for hydroxylation is 1. The maximum Gasteiger partial charge on any atom is 0.121 e. The van der Waals surface area contributed by atoms with Crippen molar-refractivity contribution in [3.63, 3.8) is 0 Å². The number of nitrogens with two attached hydrogens (primary N) is 1. The first-order chi connectivity index (χ1) is 8.69. The molecule has 0 radical (unpaired) electrons. The second-order valence-corrected chi connectivity index (χ2v) is 4.29. The Bertz CT molecular complexity index is 521. The van der Waals surface area contributed by atoms with Crippen LogP contribution >= 0.6 is 0 Å². The van der Waals surface area contributed by atoms with Gasteiger partial charge < -0.3 is 15.8 Å². The van der Waals surface area contributed by atoms with Crippen molar-refractivity contribution in [3.05, 3.63) is 53.6 Å². The van der Waals surface area contributed by atoms with Crippen molar-refractivity contribution in [2.75, 3.05) is 18.2 Å². The van der Waals surface area contributed by atoms with Gasteiger partial charge in [0.15, 0.2) is 0 Å². The lowest BCUT2D eigenvalue weighted by atomic mass is 10.1. The van der Waals surface area contributed by atoms with Gasteiger partial charge in [-0.05, 0) is 24.6 Å². The van der Waals surface area contributed by atoms with E-state index in [1.165, 1.54) is 11.1 Å². The number of ether oxygens (including phenoxy) is 1. The van der Waals surface area contributed by atoms with Crippen LogP contribution in [-0.2, 0) is 6.54 Å². The number of hydrogen-bond donors (Lipinski definition) is 2. The third kappa shape index (κ3) is 2.94. The topological polar surface area (TPSA) is 47.3 Å². The van der Waals surface area contributed by atoms with Crippen LogP contribution < -0.4 is 15.8 Å². The van der Waals surface area contributed by atoms with Crippen molar-refractivity contribution in [1.29, 1.82) is 0 Å². The first-order valence-electron chi connectivity index (χ1n) is 5.92. The maximum atomic E-state index is 5.91. The van der Waals surface area contributed by atoms with E-state index < -0.39 is 0 Å². The van der Waals surface area contributed by atoms with Crippen LogP contribution in [0.2, 0.25) is 0 Å². The van der Waals surface area contributed by atoms with Crippen molar-refractivity contribution in [2.45, 2.75) is 13.5 Å². The van der Waals surface area contributed by atoms with Gasteiger partial charge in [0.25, 0.3) is 0 Å². The lowest BCUT2D eigenvalue weighted by molar-refractivity contribution is 0.415. The van der Waals surface area contributed by atoms with Gasteiger partial charge in [-0.2, -0.15) is 0 Å². The average Bonchev–Trinajstić information content (AvgIpc) is 2.40. The SMILES string of the molecule is COc1ccc(N)c(NCc2ccc(C)cc2)c1. The molecule has 0 saturated carbocycles. The summed E-state index contributed by atoms with van der Waals surface area (Å²) in [6.45, 7) is 2.83. The molecule has 0 spiro atoms. The summed E-state index contributed by atoms with van der Waals surface area (Å²) in [4.78, 5) is 0. The number of nitrogen functional groups attached to an aromatic ring is 1. The van der Waals surface area contributed by atoms with Gasteiger partial charge >= 0.3 is 0 Å². The van der Waals surface area contributed by atoms with Crippen LogP contribution in [0, 0.1) is 6.92 Å². The smallest absolute Gasteiger partial charge is 0.121 e. The fraction of sp³-hybridized carbons (Fsp3) is 0.200. The summed E-state index contributed by atoms with van der Waals surface area (Å²) >= 11 is 0. The summed E-state index contributed by atoms with van der Waals surface area (Å²) in [6.07, 6.45) is 0. The number of anilines is 2. The Labute approximate surface area is 108 Å². The Balaban J connectivity index is 2.07. The van der Waals surface area contributed by atoms with E-state index in [9.17, 15) is 0 Å². The van der Waals surface area contributed by atoms with Gasteiger partial charge in [-0.3, -0.25) is 0 Å². The number of benzene rings is 2. The summed E-state index contributed by atoms with van der Waals surface area (Å²) in [6, 6.07) is 14.0. The van der Waals surface area contributed by atoms with E-state index in [0.717, 1.165) is 23.7 Å². The fourth-order valence-electron chi connectivity index (χ4n) is 1.72. The van der Waals surface area contributed by atoms with Crippen molar-refractivity contribution in [1.82, 2.24) is 0 Å². The summed E-state index contributed by atoms with van der Waals surface area (Å²) in [5, 5.41) is 3.32. The van der Waals surface area contributed by atoms with E-state index in [1.54, 1.807) is 7.11 Å². The standard InChI is InChI=1S/C15H18N2O/c1-11-3-5-12(6-4-11)10-17-15-9-13(18-2)7-8-14(15)16/h3-9,17H,10,16H2,1-2H3. The molecule has 2 rings (SSSR count). The van der Waals surface area contributed by atoms with Gasteiger partial charge in [0.2, 0.25) is 0 Å². The second-order valence-electron chi connectivity index (χ2n) is 4.29. The Morgan fingerprint density at radius 3 is 2.50 bits per heavy atom. The molecular formula is C15H18N2O. The minimum absolute atomic E-state index is 0.725. The summed E-state index contributed by atoms with van der Waals surface area (Å²) < 4.78 is 5.18. The van der Waals surface area contributed by atoms with E-state index in [2.05, 4.69) is 36.5 Å². The molecule has 2 aromatic carbocycles. The zero-order valence-electron chi connectivity index (χ0n) is 10.7. The van der Waals surface area contributed by atoms with E-state index >= 15 is 0 Å². The van der Waals surface area contributed by atoms with Crippen molar-refractivity contribution in [3.8, 4) is 5.75 Å². The summed E-state index contributed by atoms with van der Waals surface area (Å²) in [5.74, 6) is 0.801. The molecule has 94 valence electrons. The summed E-state index contributed by atoms with van der Waals surface area (Å²) in [5.41, 5.74) is 10.0. The number of rotatable bonds is 4. The molecule has 0 aliphatic carbocycles. The Morgan fingerprint density at radius 1 is 1.11 bits per heavy atom. The van der Waals surface area contributed by atoms with Gasteiger partial charge in [0.05, 0.1) is 18.5 Å². The van der Waals surface area contributed by atoms with Crippen LogP contribution in [0.3, 0.4) is 0 Å². The minimum Gasteiger partial charge on any atom is -0.497 e. The molecule has 3 N–H and O–H groups in total. The molecule has 0 unspecified atom stereocenters. The number of hydrogen-bond acceptors (Lipinski definition) is 3. The fourth-order valence-corrected chi connectivity index (χ4v) is 1.72. The van der Waals surface area contributed by atoms with Crippen LogP contribution in [0.4, 0.5) is 11.4 Å². The van der Waals surface area contributed by atoms with E-state index in [4.69, 9.17) is 10.5 Å². The molecule has 2 aromatic rings. The van der Waals surface area contributed by atoms with Gasteiger partial charge in [-0.15, -0.1) is 0 Å². The molecule has 0 heterocycles. The lowest BCUT2D eigenvalue weighted by Crippen LogP contribution is -2.02. The van der Waals surface area contributed by atoms with Crippen LogP contribution in [-0.4, -0.2) is 7.11 Å². The van der Waals surface area contributed by atoms with Gasteiger partial charge in [0.1, 0.15) is 5.75 Å². The zero-order valence-corrected chi connectivity index (χ0v) is 10.7. The molecule has 0 fully saturated rings. The zero-order chi connectivity index (χ0) is 13.0. The Hall–Kier alpha value is -2.16. The van der Waals surface area contributed by atoms with E-state index in [0.29, 0.717) is 0 Å². The summed E-state index contributed by atoms with van der Waals surface area (Å²) in [7, 11) is 1.65. The normalized spacial score (nSPS) is 10.1. The maximum absolute atomic E-state index is 5.91. The first kappa shape index (κ1) is 12.3. The monoisotopic (exact) mass is 242 g/mol. The molecule has 3 nitrogen and oxygen atoms in total. The highest BCUT2D eigenvalue weighted by molar-refractivity contribution is 5.68. The third-order valence-electron chi connectivity index (χ3n) is 2.86. The highest BCUT2D eigenvalue weighted by atomic mass is 16.5. The van der Waals surface area contributed by atoms with E-state index in [-0.39, 0.29) is 0 Å². The van der Waals surface area contributed by atoms with Crippen LogP contribution in [0.1, 0.15) is 11.1 Å². The molecule has 18 heavy (non-hydrogen) atoms. The molecule has 0 saturated heterocycles. The minimum atomic E-state index is 0.725. The molecule has 0 atom stereocenters. The predicted molar refractivity (Wildman–Crippen MR) is 75.9 cm³/mol. The lowest BCUT2D eigenvalue weighted by Gasteiger charge is -2.11. The number of methoxy groups -OCH3 is 1. The predicted octanol–water partition coefficient (Wildman–Crippen LogP) is 3.20. The van der Waals surface area contributed by atoms with Gasteiger partial charge in [-0.1, -0.05) is 29.8 Å². The molecule has 0 bridgehead atoms. The second kappa shape index (κ2) is 5.45. The molecule has 0 aromatic heterocycles. The molecular weight excluding hydrogens is 224 g/mol. The van der Waals surface area contributed by atoms with Crippen molar-refractivity contribution < 1.29 is 4.74 Å². The van der Waals surface area contributed by atoms with Crippen LogP contribution in [0.25, 0.3) is 0 Å². The highest BCUT2D eigenvalue weighted by Crippen LogP contribution is 2.24. The number of nitrogens with one attached hydrogen (secondary N) is 1. The van der Waals surface area contributed by atoms with Crippen molar-refractivity contribution >= 4 is 11.4 Å². The third-order valence-corrected chi connectivity index (χ3v) is 2.86. The molecule has 3 heteroatoms. The Morgan fingerprint density at radius 2 is 1.83 bits per heavy atom. The van der Waals surface area contributed by atoms with E-state index in [1.807, 2.05) is 18.2 Å². The molecule has 0 aliphatic rings. The first-order valence-corrected chi connectivity index (χ1v) is 5.92. The Kier molecular flexibility index (Phi) is 3.72. The molecule has 0 amide bonds. The van der Waals surface area contributed by atoms with Crippen LogP contribution in [0.15, 0.2) is 42.5 Å².